The summed E-state index contributed by atoms with van der Waals surface area (Å²) >= 11 is 7.97. The molecule has 0 saturated carbocycles. The summed E-state index contributed by atoms with van der Waals surface area (Å²) in [6.45, 7) is 0. The Morgan fingerprint density at radius 3 is 2.44 bits per heavy atom. The Balaban J connectivity index is 2.24. The predicted octanol–water partition coefficient (Wildman–Crippen LogP) is 4.34. The molecule has 0 radical (unpaired) electrons. The van der Waals surface area contributed by atoms with E-state index in [0.717, 1.165) is 3.57 Å². The van der Waals surface area contributed by atoms with Crippen molar-refractivity contribution in [2.75, 3.05) is 5.32 Å². The van der Waals surface area contributed by atoms with Crippen LogP contribution in [0.2, 0.25) is 5.02 Å². The van der Waals surface area contributed by atoms with Crippen molar-refractivity contribution in [1.29, 1.82) is 0 Å². The highest BCUT2D eigenvalue weighted by molar-refractivity contribution is 14.1. The van der Waals surface area contributed by atoms with E-state index in [1.807, 2.05) is 0 Å². The number of hydrogen-bond donors (Lipinski definition) is 1. The van der Waals surface area contributed by atoms with Crippen molar-refractivity contribution in [1.82, 2.24) is 0 Å². The van der Waals surface area contributed by atoms with Gasteiger partial charge in [-0.15, -0.1) is 0 Å². The maximum atomic E-state index is 13.5. The van der Waals surface area contributed by atoms with Crippen molar-refractivity contribution in [3.8, 4) is 0 Å². The fourth-order valence-electron chi connectivity index (χ4n) is 1.40. The fourth-order valence-corrected chi connectivity index (χ4v) is 1.97. The van der Waals surface area contributed by atoms with Gasteiger partial charge in [0.25, 0.3) is 5.91 Å². The molecule has 92 valence electrons. The summed E-state index contributed by atoms with van der Waals surface area (Å²) in [4.78, 5) is 11.9. The van der Waals surface area contributed by atoms with E-state index in [0.29, 0.717) is 5.56 Å². The molecule has 0 aromatic heterocycles. The minimum absolute atomic E-state index is 0.00252. The SMILES string of the molecule is O=C(Nc1c(F)cccc1Cl)c1ccc(I)cc1. The van der Waals surface area contributed by atoms with Gasteiger partial charge >= 0.3 is 0 Å². The molecule has 0 aliphatic carbocycles. The van der Waals surface area contributed by atoms with E-state index in [1.54, 1.807) is 24.3 Å². The molecule has 5 heteroatoms. The van der Waals surface area contributed by atoms with Crippen LogP contribution in [0.15, 0.2) is 42.5 Å². The number of nitrogens with one attached hydrogen (secondary N) is 1. The maximum absolute atomic E-state index is 13.5. The van der Waals surface area contributed by atoms with Gasteiger partial charge in [0.1, 0.15) is 5.82 Å². The van der Waals surface area contributed by atoms with Crippen molar-refractivity contribution in [3.63, 3.8) is 0 Å². The second-order valence-corrected chi connectivity index (χ2v) is 5.21. The lowest BCUT2D eigenvalue weighted by Crippen LogP contribution is -2.13. The fraction of sp³-hybridized carbons (Fsp3) is 0. The van der Waals surface area contributed by atoms with Crippen LogP contribution in [0.1, 0.15) is 10.4 Å². The first-order valence-electron chi connectivity index (χ1n) is 5.09. The first-order valence-corrected chi connectivity index (χ1v) is 6.54. The topological polar surface area (TPSA) is 29.1 Å². The van der Waals surface area contributed by atoms with E-state index in [9.17, 15) is 9.18 Å². The average molecular weight is 376 g/mol. The predicted molar refractivity (Wildman–Crippen MR) is 78.5 cm³/mol. The van der Waals surface area contributed by atoms with Crippen LogP contribution in [0.5, 0.6) is 0 Å². The third-order valence-corrected chi connectivity index (χ3v) is 3.34. The molecule has 2 aromatic rings. The van der Waals surface area contributed by atoms with Crippen molar-refractivity contribution in [3.05, 3.63) is 62.4 Å². The zero-order valence-electron chi connectivity index (χ0n) is 9.08. The zero-order valence-corrected chi connectivity index (χ0v) is 12.0. The van der Waals surface area contributed by atoms with Crippen LogP contribution in [-0.2, 0) is 0 Å². The summed E-state index contributed by atoms with van der Waals surface area (Å²) in [5, 5.41) is 2.64. The molecule has 2 rings (SSSR count). The van der Waals surface area contributed by atoms with Crippen LogP contribution >= 0.6 is 34.2 Å². The summed E-state index contributed by atoms with van der Waals surface area (Å²) in [5.41, 5.74) is 0.456. The molecule has 0 bridgehead atoms. The number of carbonyl (C=O) groups excluding carboxylic acids is 1. The zero-order chi connectivity index (χ0) is 13.1. The number of para-hydroxylation sites is 1. The summed E-state index contributed by atoms with van der Waals surface area (Å²) < 4.78 is 14.5. The van der Waals surface area contributed by atoms with E-state index >= 15 is 0 Å². The van der Waals surface area contributed by atoms with Crippen LogP contribution in [0.3, 0.4) is 0 Å². The molecular weight excluding hydrogens is 368 g/mol. The number of amides is 1. The van der Waals surface area contributed by atoms with E-state index in [-0.39, 0.29) is 10.7 Å². The van der Waals surface area contributed by atoms with Gasteiger partial charge in [-0.05, 0) is 59.0 Å². The molecule has 0 spiro atoms. The molecule has 0 heterocycles. The van der Waals surface area contributed by atoms with Gasteiger partial charge in [0.2, 0.25) is 0 Å². The number of halogens is 3. The largest absolute Gasteiger partial charge is 0.318 e. The summed E-state index contributed by atoms with van der Waals surface area (Å²) in [6.07, 6.45) is 0. The highest BCUT2D eigenvalue weighted by Gasteiger charge is 2.11. The standard InChI is InChI=1S/C13H8ClFINO/c14-10-2-1-3-11(15)12(10)17-13(18)8-4-6-9(16)7-5-8/h1-7H,(H,17,18). The number of benzene rings is 2. The minimum Gasteiger partial charge on any atom is -0.318 e. The van der Waals surface area contributed by atoms with Crippen LogP contribution in [0, 0.1) is 9.39 Å². The number of hydrogen-bond acceptors (Lipinski definition) is 1. The highest BCUT2D eigenvalue weighted by Crippen LogP contribution is 2.25. The first-order chi connectivity index (χ1) is 8.58. The Kier molecular flexibility index (Phi) is 4.19. The molecule has 0 fully saturated rings. The first kappa shape index (κ1) is 13.3. The molecule has 18 heavy (non-hydrogen) atoms. The summed E-state index contributed by atoms with van der Waals surface area (Å²) in [6, 6.07) is 11.2. The van der Waals surface area contributed by atoms with Gasteiger partial charge < -0.3 is 5.32 Å². The number of carbonyl (C=O) groups is 1. The van der Waals surface area contributed by atoms with Crippen molar-refractivity contribution < 1.29 is 9.18 Å². The Morgan fingerprint density at radius 1 is 1.17 bits per heavy atom. The normalized spacial score (nSPS) is 10.2. The second-order valence-electron chi connectivity index (χ2n) is 3.56. The summed E-state index contributed by atoms with van der Waals surface area (Å²) in [7, 11) is 0. The van der Waals surface area contributed by atoms with Gasteiger partial charge in [0, 0.05) is 9.13 Å². The Hall–Kier alpha value is -1.14. The van der Waals surface area contributed by atoms with Crippen molar-refractivity contribution >= 4 is 45.8 Å². The molecule has 1 N–H and O–H groups in total. The third-order valence-electron chi connectivity index (χ3n) is 2.31. The molecule has 0 saturated heterocycles. The van der Waals surface area contributed by atoms with Crippen LogP contribution < -0.4 is 5.32 Å². The average Bonchev–Trinajstić information content (AvgIpc) is 2.34. The molecule has 2 nitrogen and oxygen atoms in total. The highest BCUT2D eigenvalue weighted by atomic mass is 127. The van der Waals surface area contributed by atoms with Gasteiger partial charge in [-0.3, -0.25) is 4.79 Å². The monoisotopic (exact) mass is 375 g/mol. The van der Waals surface area contributed by atoms with E-state index in [2.05, 4.69) is 27.9 Å². The Bertz CT molecular complexity index is 566. The maximum Gasteiger partial charge on any atom is 0.255 e. The van der Waals surface area contributed by atoms with Gasteiger partial charge in [0.05, 0.1) is 10.7 Å². The smallest absolute Gasteiger partial charge is 0.255 e. The van der Waals surface area contributed by atoms with Gasteiger partial charge in [-0.1, -0.05) is 17.7 Å². The van der Waals surface area contributed by atoms with Crippen molar-refractivity contribution in [2.24, 2.45) is 0 Å². The lowest BCUT2D eigenvalue weighted by atomic mass is 10.2. The van der Waals surface area contributed by atoms with E-state index in [1.165, 1.54) is 18.2 Å². The lowest BCUT2D eigenvalue weighted by molar-refractivity contribution is 0.102. The molecule has 0 aliphatic rings. The van der Waals surface area contributed by atoms with Gasteiger partial charge in [-0.2, -0.15) is 0 Å². The van der Waals surface area contributed by atoms with E-state index < -0.39 is 11.7 Å². The number of anilines is 1. The second kappa shape index (κ2) is 5.67. The Morgan fingerprint density at radius 2 is 1.83 bits per heavy atom. The molecule has 2 aromatic carbocycles. The molecule has 0 atom stereocenters. The van der Waals surface area contributed by atoms with Crippen LogP contribution in [0.25, 0.3) is 0 Å². The van der Waals surface area contributed by atoms with Crippen LogP contribution in [-0.4, -0.2) is 5.91 Å². The molecule has 0 unspecified atom stereocenters. The van der Waals surface area contributed by atoms with Gasteiger partial charge in [0.15, 0.2) is 0 Å². The summed E-state index contributed by atoms with van der Waals surface area (Å²) in [5.74, 6) is -0.945. The Labute approximate surface area is 122 Å². The molecular formula is C13H8ClFINO. The minimum atomic E-state index is -0.554. The van der Waals surface area contributed by atoms with E-state index in [4.69, 9.17) is 11.6 Å². The quantitative estimate of drug-likeness (QED) is 0.778. The van der Waals surface area contributed by atoms with Gasteiger partial charge in [-0.25, -0.2) is 4.39 Å². The molecule has 1 amide bonds. The number of rotatable bonds is 2. The third kappa shape index (κ3) is 3.00. The van der Waals surface area contributed by atoms with Crippen LogP contribution in [0.4, 0.5) is 10.1 Å². The molecule has 0 aliphatic heterocycles. The lowest BCUT2D eigenvalue weighted by Gasteiger charge is -2.08. The van der Waals surface area contributed by atoms with Crippen molar-refractivity contribution in [2.45, 2.75) is 0 Å².